The molecular weight excluding hydrogens is 194 g/mol. The van der Waals surface area contributed by atoms with Gasteiger partial charge in [0.05, 0.1) is 17.9 Å². The largest absolute Gasteiger partial charge is 0.462 e. The minimum atomic E-state index is 0.318. The molecule has 0 aromatic rings. The van der Waals surface area contributed by atoms with Crippen molar-refractivity contribution in [2.24, 2.45) is 16.2 Å². The minimum absolute atomic E-state index is 0.318. The van der Waals surface area contributed by atoms with E-state index in [0.717, 1.165) is 18.8 Å². The van der Waals surface area contributed by atoms with Gasteiger partial charge >= 0.3 is 6.02 Å². The molecule has 15 heavy (non-hydrogen) atoms. The van der Waals surface area contributed by atoms with E-state index in [1.54, 1.807) is 0 Å². The van der Waals surface area contributed by atoms with E-state index in [4.69, 9.17) is 4.74 Å². The number of amidine groups is 1. The standard InChI is InChI=1S/C10H17N3O2/c1-8-2-4-9(5-3-8)11-10-13(12-14)6-7-15-10/h8-9H,2-7H2,1H3. The average Bonchev–Trinajstić information content (AvgIpc) is 2.69. The molecule has 5 nitrogen and oxygen atoms in total. The lowest BCUT2D eigenvalue weighted by Crippen LogP contribution is -2.23. The Hall–Kier alpha value is -1.13. The summed E-state index contributed by atoms with van der Waals surface area (Å²) < 4.78 is 5.27. The van der Waals surface area contributed by atoms with Crippen molar-refractivity contribution in [1.29, 1.82) is 0 Å². The summed E-state index contributed by atoms with van der Waals surface area (Å²) in [6.07, 6.45) is 4.63. The molecule has 0 aromatic heterocycles. The maximum atomic E-state index is 10.4. The fourth-order valence-corrected chi connectivity index (χ4v) is 2.10. The van der Waals surface area contributed by atoms with E-state index in [9.17, 15) is 4.91 Å². The Morgan fingerprint density at radius 3 is 2.73 bits per heavy atom. The Bertz CT molecular complexity index is 259. The molecule has 1 aliphatic heterocycles. The highest BCUT2D eigenvalue weighted by molar-refractivity contribution is 5.75. The summed E-state index contributed by atoms with van der Waals surface area (Å²) in [7, 11) is 0. The smallest absolute Gasteiger partial charge is 0.311 e. The molecule has 2 rings (SSSR count). The third-order valence-electron chi connectivity index (χ3n) is 3.13. The zero-order chi connectivity index (χ0) is 10.7. The molecule has 0 amide bonds. The first-order valence-corrected chi connectivity index (χ1v) is 5.61. The van der Waals surface area contributed by atoms with Crippen molar-refractivity contribution >= 4 is 6.02 Å². The van der Waals surface area contributed by atoms with Crippen molar-refractivity contribution in [3.05, 3.63) is 4.91 Å². The molecule has 1 saturated carbocycles. The first-order chi connectivity index (χ1) is 7.29. The first kappa shape index (κ1) is 10.4. The van der Waals surface area contributed by atoms with E-state index in [1.165, 1.54) is 17.9 Å². The van der Waals surface area contributed by atoms with Gasteiger partial charge in [-0.05, 0) is 31.6 Å². The van der Waals surface area contributed by atoms with Crippen LogP contribution < -0.4 is 0 Å². The molecule has 0 atom stereocenters. The molecule has 2 fully saturated rings. The molecule has 0 aromatic carbocycles. The summed E-state index contributed by atoms with van der Waals surface area (Å²) in [6.45, 7) is 3.33. The number of nitroso groups, excluding NO2 is 1. The minimum Gasteiger partial charge on any atom is -0.462 e. The van der Waals surface area contributed by atoms with Crippen molar-refractivity contribution in [1.82, 2.24) is 5.01 Å². The van der Waals surface area contributed by atoms with Gasteiger partial charge in [0.15, 0.2) is 0 Å². The number of ether oxygens (including phenoxy) is 1. The summed E-state index contributed by atoms with van der Waals surface area (Å²) >= 11 is 0. The van der Waals surface area contributed by atoms with Gasteiger partial charge in [-0.2, -0.15) is 5.01 Å². The number of nitrogens with zero attached hydrogens (tertiary/aromatic N) is 3. The molecule has 1 aliphatic carbocycles. The van der Waals surface area contributed by atoms with Crippen LogP contribution in [-0.4, -0.2) is 30.2 Å². The average molecular weight is 211 g/mol. The van der Waals surface area contributed by atoms with Crippen LogP contribution in [0.25, 0.3) is 0 Å². The Morgan fingerprint density at radius 1 is 1.33 bits per heavy atom. The lowest BCUT2D eigenvalue weighted by Gasteiger charge is -2.23. The summed E-state index contributed by atoms with van der Waals surface area (Å²) in [5.41, 5.74) is 0. The van der Waals surface area contributed by atoms with Crippen LogP contribution in [0.3, 0.4) is 0 Å². The third-order valence-corrected chi connectivity index (χ3v) is 3.13. The molecule has 0 bridgehead atoms. The van der Waals surface area contributed by atoms with Crippen LogP contribution in [0.1, 0.15) is 32.6 Å². The Kier molecular flexibility index (Phi) is 3.18. The predicted octanol–water partition coefficient (Wildman–Crippen LogP) is 1.93. The SMILES string of the molecule is CC1CCC(N=C2OCCN2N=O)CC1. The molecule has 1 heterocycles. The maximum Gasteiger partial charge on any atom is 0.311 e. The number of hydrogen-bond acceptors (Lipinski definition) is 4. The molecule has 0 unspecified atom stereocenters. The van der Waals surface area contributed by atoms with Crippen LogP contribution in [0.2, 0.25) is 0 Å². The van der Waals surface area contributed by atoms with Gasteiger partial charge in [0.1, 0.15) is 6.61 Å². The molecule has 0 radical (unpaired) electrons. The van der Waals surface area contributed by atoms with Gasteiger partial charge < -0.3 is 4.74 Å². The maximum absolute atomic E-state index is 10.4. The van der Waals surface area contributed by atoms with Crippen LogP contribution in [-0.2, 0) is 4.74 Å². The van der Waals surface area contributed by atoms with Gasteiger partial charge in [-0.3, -0.25) is 0 Å². The number of hydrogen-bond donors (Lipinski definition) is 0. The van der Waals surface area contributed by atoms with E-state index in [2.05, 4.69) is 17.2 Å². The zero-order valence-electron chi connectivity index (χ0n) is 9.06. The van der Waals surface area contributed by atoms with E-state index in [1.807, 2.05) is 0 Å². The van der Waals surface area contributed by atoms with Crippen LogP contribution in [0.5, 0.6) is 0 Å². The van der Waals surface area contributed by atoms with Crippen molar-refractivity contribution in [3.8, 4) is 0 Å². The van der Waals surface area contributed by atoms with Crippen LogP contribution in [0.4, 0.5) is 0 Å². The van der Waals surface area contributed by atoms with E-state index < -0.39 is 0 Å². The lowest BCUT2D eigenvalue weighted by atomic mass is 9.88. The van der Waals surface area contributed by atoms with Gasteiger partial charge in [-0.25, -0.2) is 4.99 Å². The van der Waals surface area contributed by atoms with E-state index in [0.29, 0.717) is 25.2 Å². The topological polar surface area (TPSA) is 54.3 Å². The summed E-state index contributed by atoms with van der Waals surface area (Å²) in [5, 5.41) is 4.18. The fraction of sp³-hybridized carbons (Fsp3) is 0.900. The van der Waals surface area contributed by atoms with Crippen molar-refractivity contribution in [3.63, 3.8) is 0 Å². The molecule has 84 valence electrons. The van der Waals surface area contributed by atoms with Gasteiger partial charge in [-0.15, -0.1) is 4.91 Å². The van der Waals surface area contributed by atoms with Crippen LogP contribution in [0.15, 0.2) is 10.3 Å². The molecule has 0 spiro atoms. The molecule has 2 aliphatic rings. The Balaban J connectivity index is 1.94. The normalized spacial score (nSPS) is 34.2. The highest BCUT2D eigenvalue weighted by Gasteiger charge is 2.24. The van der Waals surface area contributed by atoms with Gasteiger partial charge in [0, 0.05) is 0 Å². The highest BCUT2D eigenvalue weighted by Crippen LogP contribution is 2.26. The molecular formula is C10H17N3O2. The fourth-order valence-electron chi connectivity index (χ4n) is 2.10. The Labute approximate surface area is 89.4 Å². The quantitative estimate of drug-likeness (QED) is 0.656. The summed E-state index contributed by atoms with van der Waals surface area (Å²) in [5.74, 6) is 0.811. The Morgan fingerprint density at radius 2 is 2.07 bits per heavy atom. The van der Waals surface area contributed by atoms with E-state index >= 15 is 0 Å². The predicted molar refractivity (Wildman–Crippen MR) is 57.3 cm³/mol. The molecule has 1 saturated heterocycles. The van der Waals surface area contributed by atoms with Crippen molar-refractivity contribution in [2.45, 2.75) is 38.6 Å². The highest BCUT2D eigenvalue weighted by atomic mass is 16.5. The monoisotopic (exact) mass is 211 g/mol. The molecule has 5 heteroatoms. The number of rotatable bonds is 2. The van der Waals surface area contributed by atoms with E-state index in [-0.39, 0.29) is 0 Å². The lowest BCUT2D eigenvalue weighted by molar-refractivity contribution is 0.322. The zero-order valence-corrected chi connectivity index (χ0v) is 9.06. The molecule has 0 N–H and O–H groups in total. The van der Waals surface area contributed by atoms with Gasteiger partial charge in [-0.1, -0.05) is 6.92 Å². The van der Waals surface area contributed by atoms with Gasteiger partial charge in [0.25, 0.3) is 0 Å². The second-order valence-corrected chi connectivity index (χ2v) is 4.38. The van der Waals surface area contributed by atoms with Crippen molar-refractivity contribution < 1.29 is 4.74 Å². The first-order valence-electron chi connectivity index (χ1n) is 5.61. The second kappa shape index (κ2) is 4.59. The van der Waals surface area contributed by atoms with Crippen LogP contribution in [0, 0.1) is 10.8 Å². The van der Waals surface area contributed by atoms with Crippen molar-refractivity contribution in [2.75, 3.05) is 13.2 Å². The number of aliphatic imine (C=N–C) groups is 1. The second-order valence-electron chi connectivity index (χ2n) is 4.38. The third kappa shape index (κ3) is 2.46. The summed E-state index contributed by atoms with van der Waals surface area (Å²) in [6, 6.07) is 0.739. The summed E-state index contributed by atoms with van der Waals surface area (Å²) in [4.78, 5) is 14.9. The van der Waals surface area contributed by atoms with Crippen LogP contribution >= 0.6 is 0 Å². The van der Waals surface area contributed by atoms with Gasteiger partial charge in [0.2, 0.25) is 0 Å².